The summed E-state index contributed by atoms with van der Waals surface area (Å²) < 4.78 is 2.59. The fraction of sp³-hybridized carbons (Fsp3) is 0. The maximum absolute atomic E-state index is 2.46. The van der Waals surface area contributed by atoms with Crippen LogP contribution in [-0.4, -0.2) is 0 Å². The van der Waals surface area contributed by atoms with Crippen LogP contribution in [0, 0.1) is 0 Å². The molecule has 0 amide bonds. The summed E-state index contributed by atoms with van der Waals surface area (Å²) in [6, 6.07) is 82.6. The predicted molar refractivity (Wildman–Crippen MR) is 260 cm³/mol. The first-order valence-corrected chi connectivity index (χ1v) is 21.4. The highest BCUT2D eigenvalue weighted by Crippen LogP contribution is 2.46. The van der Waals surface area contributed by atoms with Crippen molar-refractivity contribution in [1.82, 2.24) is 0 Å². The molecule has 2 heteroatoms. The summed E-state index contributed by atoms with van der Waals surface area (Å²) in [6.07, 6.45) is 0. The van der Waals surface area contributed by atoms with Crippen LogP contribution < -0.4 is 4.90 Å². The van der Waals surface area contributed by atoms with Crippen LogP contribution in [0.25, 0.3) is 96.6 Å². The van der Waals surface area contributed by atoms with Crippen LogP contribution >= 0.6 is 11.3 Å². The Morgan fingerprint density at radius 2 is 0.850 bits per heavy atom. The van der Waals surface area contributed by atoms with Crippen LogP contribution in [0.2, 0.25) is 0 Å². The lowest BCUT2D eigenvalue weighted by Gasteiger charge is -2.28. The SMILES string of the molecule is c1ccc(-c2ccc(N(c3cccc(-c4cccc(-c5cc6ccccc6c6ccccc56)c4)c3)c3ccc4c(c3)sc3cc5ccccc5cc34)c3ccccc23)cc1. The molecule has 0 bridgehead atoms. The van der Waals surface area contributed by atoms with Gasteiger partial charge in [0.1, 0.15) is 0 Å². The Hall–Kier alpha value is -7.52. The number of rotatable bonds is 6. The molecular weight excluding hydrogens is 743 g/mol. The van der Waals surface area contributed by atoms with Crippen molar-refractivity contribution in [3.63, 3.8) is 0 Å². The van der Waals surface area contributed by atoms with Gasteiger partial charge < -0.3 is 4.90 Å². The minimum Gasteiger partial charge on any atom is -0.310 e. The van der Waals surface area contributed by atoms with E-state index in [1.807, 2.05) is 11.3 Å². The molecule has 0 unspecified atom stereocenters. The molecule has 60 heavy (non-hydrogen) atoms. The molecule has 1 heterocycles. The van der Waals surface area contributed by atoms with Gasteiger partial charge in [0.05, 0.1) is 5.69 Å². The van der Waals surface area contributed by atoms with E-state index in [9.17, 15) is 0 Å². The Morgan fingerprint density at radius 3 is 1.67 bits per heavy atom. The Labute approximate surface area is 352 Å². The first-order chi connectivity index (χ1) is 29.7. The minimum atomic E-state index is 1.11. The number of thiophene rings is 1. The van der Waals surface area contributed by atoms with Crippen molar-refractivity contribution in [2.75, 3.05) is 4.90 Å². The normalized spacial score (nSPS) is 11.7. The zero-order chi connectivity index (χ0) is 39.6. The average molecular weight is 780 g/mol. The van der Waals surface area contributed by atoms with Crippen molar-refractivity contribution >= 4 is 91.7 Å². The van der Waals surface area contributed by atoms with Gasteiger partial charge in [0, 0.05) is 36.9 Å². The molecule has 280 valence electrons. The smallest absolute Gasteiger partial charge is 0.0540 e. The highest BCUT2D eigenvalue weighted by molar-refractivity contribution is 7.26. The zero-order valence-corrected chi connectivity index (χ0v) is 33.5. The number of anilines is 3. The van der Waals surface area contributed by atoms with E-state index in [2.05, 4.69) is 229 Å². The molecule has 0 aliphatic carbocycles. The molecular formula is C58H37NS. The second kappa shape index (κ2) is 14.1. The highest BCUT2D eigenvalue weighted by atomic mass is 32.1. The molecule has 0 saturated heterocycles. The van der Waals surface area contributed by atoms with Gasteiger partial charge in [-0.1, -0.05) is 170 Å². The average Bonchev–Trinajstić information content (AvgIpc) is 3.67. The van der Waals surface area contributed by atoms with Gasteiger partial charge in [-0.15, -0.1) is 11.3 Å². The summed E-state index contributed by atoms with van der Waals surface area (Å²) in [7, 11) is 0. The summed E-state index contributed by atoms with van der Waals surface area (Å²) >= 11 is 1.88. The van der Waals surface area contributed by atoms with E-state index < -0.39 is 0 Å². The van der Waals surface area contributed by atoms with Gasteiger partial charge in [-0.3, -0.25) is 0 Å². The Bertz CT molecular complexity index is 3620. The molecule has 1 aromatic heterocycles. The van der Waals surface area contributed by atoms with Crippen molar-refractivity contribution in [1.29, 1.82) is 0 Å². The van der Waals surface area contributed by atoms with Crippen molar-refractivity contribution in [2.24, 2.45) is 0 Å². The third-order valence-corrected chi connectivity index (χ3v) is 13.3. The fourth-order valence-electron chi connectivity index (χ4n) is 9.35. The van der Waals surface area contributed by atoms with E-state index >= 15 is 0 Å². The molecule has 0 saturated carbocycles. The lowest BCUT2D eigenvalue weighted by atomic mass is 9.92. The Kier molecular flexibility index (Phi) is 8.11. The van der Waals surface area contributed by atoms with Crippen LogP contribution in [-0.2, 0) is 0 Å². The van der Waals surface area contributed by atoms with Crippen LogP contribution in [0.3, 0.4) is 0 Å². The number of nitrogens with zero attached hydrogens (tertiary/aromatic N) is 1. The number of fused-ring (bicyclic) bond motifs is 8. The predicted octanol–water partition coefficient (Wildman–Crippen LogP) is 17.1. The molecule has 12 aromatic rings. The third kappa shape index (κ3) is 5.76. The molecule has 0 aliphatic rings. The van der Waals surface area contributed by atoms with Crippen molar-refractivity contribution in [3.05, 3.63) is 224 Å². The van der Waals surface area contributed by atoms with Crippen LogP contribution in [0.15, 0.2) is 224 Å². The molecule has 0 radical (unpaired) electrons. The Balaban J connectivity index is 1.04. The van der Waals surface area contributed by atoms with E-state index in [0.717, 1.165) is 17.1 Å². The van der Waals surface area contributed by atoms with Crippen molar-refractivity contribution in [3.8, 4) is 33.4 Å². The van der Waals surface area contributed by atoms with E-state index in [0.29, 0.717) is 0 Å². The molecule has 1 nitrogen and oxygen atoms in total. The summed E-state index contributed by atoms with van der Waals surface area (Å²) in [6.45, 7) is 0. The molecule has 0 atom stereocenters. The van der Waals surface area contributed by atoms with Crippen LogP contribution in [0.5, 0.6) is 0 Å². The number of hydrogen-bond donors (Lipinski definition) is 0. The summed E-state index contributed by atoms with van der Waals surface area (Å²) in [5, 5.41) is 12.7. The second-order valence-corrected chi connectivity index (χ2v) is 16.8. The zero-order valence-electron chi connectivity index (χ0n) is 32.7. The standard InChI is InChI=1S/C58H37NS/c1-2-14-38(15-3-1)48-30-31-56(52-27-11-10-25-50(48)52)59(46-28-29-53-55-34-41-16-4-5-17-42(41)36-57(55)60-58(53)37-46)45-22-13-20-40(33-45)39-19-12-21-43(32-39)54-35-44-18-6-7-23-47(44)49-24-8-9-26-51(49)54/h1-37H. The number of benzene rings is 11. The maximum Gasteiger partial charge on any atom is 0.0540 e. The van der Waals surface area contributed by atoms with E-state index in [4.69, 9.17) is 0 Å². The quantitative estimate of drug-likeness (QED) is 0.152. The van der Waals surface area contributed by atoms with Gasteiger partial charge in [-0.25, -0.2) is 0 Å². The monoisotopic (exact) mass is 779 g/mol. The Morgan fingerprint density at radius 1 is 0.267 bits per heavy atom. The lowest BCUT2D eigenvalue weighted by molar-refractivity contribution is 1.30. The van der Waals surface area contributed by atoms with E-state index in [-0.39, 0.29) is 0 Å². The molecule has 0 spiro atoms. The molecule has 11 aromatic carbocycles. The number of hydrogen-bond acceptors (Lipinski definition) is 2. The van der Waals surface area contributed by atoms with Crippen LogP contribution in [0.1, 0.15) is 0 Å². The third-order valence-electron chi connectivity index (χ3n) is 12.2. The first kappa shape index (κ1) is 34.5. The summed E-state index contributed by atoms with van der Waals surface area (Å²) in [5.41, 5.74) is 10.6. The van der Waals surface area contributed by atoms with E-state index in [1.165, 1.54) is 96.6 Å². The van der Waals surface area contributed by atoms with Crippen LogP contribution in [0.4, 0.5) is 17.1 Å². The largest absolute Gasteiger partial charge is 0.310 e. The minimum absolute atomic E-state index is 1.11. The topological polar surface area (TPSA) is 3.24 Å². The second-order valence-electron chi connectivity index (χ2n) is 15.7. The molecule has 0 fully saturated rings. The van der Waals surface area contributed by atoms with Gasteiger partial charge in [-0.05, 0) is 126 Å². The first-order valence-electron chi connectivity index (χ1n) is 20.6. The van der Waals surface area contributed by atoms with Gasteiger partial charge in [0.15, 0.2) is 0 Å². The summed E-state index contributed by atoms with van der Waals surface area (Å²) in [5.74, 6) is 0. The van der Waals surface area contributed by atoms with Gasteiger partial charge in [0.2, 0.25) is 0 Å². The lowest BCUT2D eigenvalue weighted by Crippen LogP contribution is -2.10. The van der Waals surface area contributed by atoms with Crippen molar-refractivity contribution < 1.29 is 0 Å². The highest BCUT2D eigenvalue weighted by Gasteiger charge is 2.20. The molecule has 0 aliphatic heterocycles. The fourth-order valence-corrected chi connectivity index (χ4v) is 10.5. The van der Waals surface area contributed by atoms with Crippen molar-refractivity contribution in [2.45, 2.75) is 0 Å². The molecule has 12 rings (SSSR count). The van der Waals surface area contributed by atoms with E-state index in [1.54, 1.807) is 0 Å². The van der Waals surface area contributed by atoms with Gasteiger partial charge in [-0.2, -0.15) is 0 Å². The van der Waals surface area contributed by atoms with Gasteiger partial charge in [0.25, 0.3) is 0 Å². The summed E-state index contributed by atoms with van der Waals surface area (Å²) in [4.78, 5) is 2.46. The molecule has 0 N–H and O–H groups in total. The maximum atomic E-state index is 2.46. The van der Waals surface area contributed by atoms with Gasteiger partial charge >= 0.3 is 0 Å².